The molecular formula is C18H42Cl2P2Ti. The molecule has 142 valence electrons. The second kappa shape index (κ2) is 31.9. The second-order valence-corrected chi connectivity index (χ2v) is 11.0. The Bertz CT molecular complexity index is 129. The molecule has 0 amide bonds. The summed E-state index contributed by atoms with van der Waals surface area (Å²) in [7, 11) is 0.878. The SMILES string of the molecule is CCCP(CCC)CCC.CCCP(CCC)CCC.[Cl-].[Cl-].[Ti+2]. The smallest absolute Gasteiger partial charge is 1.00 e. The van der Waals surface area contributed by atoms with E-state index in [4.69, 9.17) is 0 Å². The van der Waals surface area contributed by atoms with Crippen LogP contribution in [0.2, 0.25) is 0 Å². The van der Waals surface area contributed by atoms with Crippen molar-refractivity contribution in [1.82, 2.24) is 0 Å². The third kappa shape index (κ3) is 29.2. The van der Waals surface area contributed by atoms with Gasteiger partial charge in [0.1, 0.15) is 0 Å². The summed E-state index contributed by atoms with van der Waals surface area (Å²) in [6.07, 6.45) is 17.4. The van der Waals surface area contributed by atoms with Crippen molar-refractivity contribution in [3.05, 3.63) is 0 Å². The molecule has 0 aromatic rings. The molecule has 0 radical (unpaired) electrons. The molecule has 0 saturated carbocycles. The fourth-order valence-corrected chi connectivity index (χ4v) is 7.70. The van der Waals surface area contributed by atoms with Crippen LogP contribution in [0.15, 0.2) is 0 Å². The summed E-state index contributed by atoms with van der Waals surface area (Å²) in [6, 6.07) is 0. The molecule has 0 N–H and O–H groups in total. The van der Waals surface area contributed by atoms with Crippen LogP contribution in [-0.4, -0.2) is 37.0 Å². The van der Waals surface area contributed by atoms with Gasteiger partial charge in [-0.15, -0.1) is 15.8 Å². The van der Waals surface area contributed by atoms with Crippen molar-refractivity contribution in [3.8, 4) is 0 Å². The van der Waals surface area contributed by atoms with Gasteiger partial charge in [-0.25, -0.2) is 0 Å². The van der Waals surface area contributed by atoms with E-state index in [0.717, 1.165) is 0 Å². The van der Waals surface area contributed by atoms with Gasteiger partial charge in [0.25, 0.3) is 0 Å². The monoisotopic (exact) mass is 438 g/mol. The van der Waals surface area contributed by atoms with Crippen molar-refractivity contribution in [1.29, 1.82) is 0 Å². The third-order valence-corrected chi connectivity index (χ3v) is 9.72. The van der Waals surface area contributed by atoms with Crippen LogP contribution in [0.1, 0.15) is 80.1 Å². The molecule has 0 aromatic carbocycles. The molecule has 5 heteroatoms. The van der Waals surface area contributed by atoms with Crippen LogP contribution in [0.4, 0.5) is 0 Å². The Labute approximate surface area is 178 Å². The van der Waals surface area contributed by atoms with E-state index in [1.165, 1.54) is 75.5 Å². The first-order valence-corrected chi connectivity index (χ1v) is 12.9. The van der Waals surface area contributed by atoms with Gasteiger partial charge in [0.2, 0.25) is 0 Å². The molecule has 0 fully saturated rings. The topological polar surface area (TPSA) is 0 Å². The van der Waals surface area contributed by atoms with Crippen LogP contribution in [0, 0.1) is 0 Å². The summed E-state index contributed by atoms with van der Waals surface area (Å²) < 4.78 is 0. The number of halogens is 2. The molecule has 0 aromatic heterocycles. The molecular weight excluding hydrogens is 397 g/mol. The maximum absolute atomic E-state index is 2.31. The molecule has 0 saturated heterocycles. The molecule has 0 aliphatic rings. The fraction of sp³-hybridized carbons (Fsp3) is 1.00. The summed E-state index contributed by atoms with van der Waals surface area (Å²) in [5.41, 5.74) is 0. The van der Waals surface area contributed by atoms with Gasteiger partial charge in [0, 0.05) is 0 Å². The summed E-state index contributed by atoms with van der Waals surface area (Å²) >= 11 is 0. The molecule has 0 nitrogen and oxygen atoms in total. The van der Waals surface area contributed by atoms with Gasteiger partial charge in [-0.3, -0.25) is 0 Å². The van der Waals surface area contributed by atoms with E-state index in [9.17, 15) is 0 Å². The number of hydrogen-bond acceptors (Lipinski definition) is 0. The van der Waals surface area contributed by atoms with Crippen LogP contribution < -0.4 is 24.8 Å². The van der Waals surface area contributed by atoms with Gasteiger partial charge in [0.15, 0.2) is 0 Å². The molecule has 0 heterocycles. The van der Waals surface area contributed by atoms with E-state index >= 15 is 0 Å². The van der Waals surface area contributed by atoms with Gasteiger partial charge in [0.05, 0.1) is 0 Å². The molecule has 0 aliphatic carbocycles. The summed E-state index contributed by atoms with van der Waals surface area (Å²) in [5, 5.41) is 0. The Balaban J connectivity index is -0.0000000831. The van der Waals surface area contributed by atoms with Crippen molar-refractivity contribution in [3.63, 3.8) is 0 Å². The molecule has 0 bridgehead atoms. The first kappa shape index (κ1) is 36.1. The molecule has 0 rings (SSSR count). The average Bonchev–Trinajstić information content (AvgIpc) is 2.41. The van der Waals surface area contributed by atoms with E-state index < -0.39 is 0 Å². The maximum atomic E-state index is 2.31. The van der Waals surface area contributed by atoms with Crippen molar-refractivity contribution < 1.29 is 46.5 Å². The van der Waals surface area contributed by atoms with E-state index in [1.807, 2.05) is 0 Å². The molecule has 0 aliphatic heterocycles. The average molecular weight is 439 g/mol. The Morgan fingerprint density at radius 3 is 0.609 bits per heavy atom. The first-order valence-electron chi connectivity index (χ1n) is 9.14. The number of hydrogen-bond donors (Lipinski definition) is 0. The molecule has 23 heavy (non-hydrogen) atoms. The van der Waals surface area contributed by atoms with Gasteiger partial charge >= 0.3 is 21.7 Å². The van der Waals surface area contributed by atoms with Gasteiger partial charge < -0.3 is 24.8 Å². The minimum absolute atomic E-state index is 0. The second-order valence-electron chi connectivity index (χ2n) is 5.68. The predicted molar refractivity (Wildman–Crippen MR) is 105 cm³/mol. The minimum Gasteiger partial charge on any atom is -1.00 e. The van der Waals surface area contributed by atoms with E-state index in [2.05, 4.69) is 41.5 Å². The normalized spacial score (nSPS) is 9.39. The zero-order valence-electron chi connectivity index (χ0n) is 16.6. The summed E-state index contributed by atoms with van der Waals surface area (Å²) in [6.45, 7) is 13.8. The van der Waals surface area contributed by atoms with Crippen molar-refractivity contribution in [2.45, 2.75) is 80.1 Å². The van der Waals surface area contributed by atoms with E-state index in [0.29, 0.717) is 15.8 Å². The van der Waals surface area contributed by atoms with Gasteiger partial charge in [-0.1, -0.05) is 80.1 Å². The minimum atomic E-state index is 0. The zero-order chi connectivity index (χ0) is 15.6. The van der Waals surface area contributed by atoms with Crippen molar-refractivity contribution >= 4 is 15.8 Å². The predicted octanol–water partition coefficient (Wildman–Crippen LogP) is 1.40. The van der Waals surface area contributed by atoms with Gasteiger partial charge in [-0.2, -0.15) is 0 Å². The van der Waals surface area contributed by atoms with Crippen molar-refractivity contribution in [2.24, 2.45) is 0 Å². The Hall–Kier alpha value is 2.15. The van der Waals surface area contributed by atoms with Crippen LogP contribution >= 0.6 is 15.8 Å². The van der Waals surface area contributed by atoms with E-state index in [-0.39, 0.29) is 46.5 Å². The third-order valence-electron chi connectivity index (χ3n) is 3.24. The first-order chi connectivity index (χ1) is 9.69. The fourth-order valence-electron chi connectivity index (χ4n) is 2.57. The Morgan fingerprint density at radius 1 is 0.391 bits per heavy atom. The van der Waals surface area contributed by atoms with E-state index in [1.54, 1.807) is 0 Å². The van der Waals surface area contributed by atoms with Crippen LogP contribution in [0.3, 0.4) is 0 Å². The maximum Gasteiger partial charge on any atom is 2.00 e. The molecule has 0 unspecified atom stereocenters. The standard InChI is InChI=1S/2C9H21P.2ClH.Ti/c2*1-4-7-10(8-5-2)9-6-3;;;/h2*4-9H2,1-3H3;2*1H;/q;;;;+2/p-2. The summed E-state index contributed by atoms with van der Waals surface area (Å²) in [5.74, 6) is 0. The quantitative estimate of drug-likeness (QED) is 0.319. The summed E-state index contributed by atoms with van der Waals surface area (Å²) in [4.78, 5) is 0. The number of rotatable bonds is 12. The Morgan fingerprint density at radius 2 is 0.522 bits per heavy atom. The van der Waals surface area contributed by atoms with Crippen molar-refractivity contribution in [2.75, 3.05) is 37.0 Å². The van der Waals surface area contributed by atoms with Crippen LogP contribution in [0.5, 0.6) is 0 Å². The Kier molecular flexibility index (Phi) is 50.1. The van der Waals surface area contributed by atoms with Gasteiger partial charge in [-0.05, 0) is 37.0 Å². The largest absolute Gasteiger partial charge is 2.00 e. The molecule has 0 atom stereocenters. The van der Waals surface area contributed by atoms with Crippen LogP contribution in [0.25, 0.3) is 0 Å². The molecule has 0 spiro atoms. The zero-order valence-corrected chi connectivity index (χ0v) is 21.5. The van der Waals surface area contributed by atoms with Crippen LogP contribution in [-0.2, 0) is 21.7 Å².